The van der Waals surface area contributed by atoms with Gasteiger partial charge < -0.3 is 4.74 Å². The van der Waals surface area contributed by atoms with Crippen LogP contribution in [0.2, 0.25) is 0 Å². The van der Waals surface area contributed by atoms with Crippen molar-refractivity contribution < 1.29 is 4.74 Å². The van der Waals surface area contributed by atoms with Gasteiger partial charge >= 0.3 is 6.01 Å². The summed E-state index contributed by atoms with van der Waals surface area (Å²) in [4.78, 5) is 17.2. The van der Waals surface area contributed by atoms with E-state index in [4.69, 9.17) is 4.74 Å². The zero-order valence-corrected chi connectivity index (χ0v) is 18.4. The smallest absolute Gasteiger partial charge is 0.323 e. The highest BCUT2D eigenvalue weighted by atomic mass is 16.5. The van der Waals surface area contributed by atoms with E-state index in [9.17, 15) is 0 Å². The highest BCUT2D eigenvalue weighted by Crippen LogP contribution is 2.14. The Hall–Kier alpha value is -4.07. The van der Waals surface area contributed by atoms with Gasteiger partial charge in [-0.1, -0.05) is 48.0 Å². The summed E-state index contributed by atoms with van der Waals surface area (Å²) in [5, 5.41) is 4.25. The molecular formula is C24H25N7O. The minimum Gasteiger partial charge on any atom is -0.463 e. The van der Waals surface area contributed by atoms with Crippen molar-refractivity contribution in [3.8, 4) is 12.0 Å². The average molecular weight is 428 g/mol. The largest absolute Gasteiger partial charge is 0.463 e. The lowest BCUT2D eigenvalue weighted by molar-refractivity contribution is 0.295. The van der Waals surface area contributed by atoms with Crippen molar-refractivity contribution >= 4 is 12.2 Å². The molecule has 0 unspecified atom stereocenters. The SMILES string of the molecule is Cc1cccc(/C=N\Nc2nc(OCCc3ccc(C)c(C)c3)nc(-n3ccnc3)n2)c1. The van der Waals surface area contributed by atoms with Gasteiger partial charge in [-0.2, -0.15) is 20.1 Å². The number of aryl methyl sites for hydroxylation is 3. The summed E-state index contributed by atoms with van der Waals surface area (Å²) in [6.07, 6.45) is 7.50. The van der Waals surface area contributed by atoms with E-state index in [0.29, 0.717) is 12.6 Å². The van der Waals surface area contributed by atoms with E-state index in [1.165, 1.54) is 16.7 Å². The lowest BCUT2D eigenvalue weighted by Gasteiger charge is -2.09. The van der Waals surface area contributed by atoms with Gasteiger partial charge in [0.05, 0.1) is 12.8 Å². The maximum Gasteiger partial charge on any atom is 0.323 e. The Bertz CT molecular complexity index is 1220. The van der Waals surface area contributed by atoms with Crippen LogP contribution in [-0.2, 0) is 6.42 Å². The summed E-state index contributed by atoms with van der Waals surface area (Å²) in [5.74, 6) is 0.681. The van der Waals surface area contributed by atoms with Crippen LogP contribution in [-0.4, -0.2) is 37.3 Å². The van der Waals surface area contributed by atoms with Crippen LogP contribution in [0.3, 0.4) is 0 Å². The molecule has 0 saturated heterocycles. The molecule has 0 amide bonds. The Morgan fingerprint density at radius 2 is 1.94 bits per heavy atom. The lowest BCUT2D eigenvalue weighted by atomic mass is 10.0. The summed E-state index contributed by atoms with van der Waals surface area (Å²) in [6.45, 7) is 6.70. The van der Waals surface area contributed by atoms with Crippen LogP contribution < -0.4 is 10.2 Å². The number of nitrogens with zero attached hydrogens (tertiary/aromatic N) is 6. The number of hydrogen-bond donors (Lipinski definition) is 1. The van der Waals surface area contributed by atoms with Crippen molar-refractivity contribution in [3.05, 3.63) is 89.0 Å². The fourth-order valence-electron chi connectivity index (χ4n) is 3.09. The first-order valence-corrected chi connectivity index (χ1v) is 10.4. The van der Waals surface area contributed by atoms with Crippen LogP contribution in [0.15, 0.2) is 66.3 Å². The third-order valence-corrected chi connectivity index (χ3v) is 4.95. The molecular weight excluding hydrogens is 402 g/mol. The number of benzene rings is 2. The Morgan fingerprint density at radius 3 is 2.72 bits per heavy atom. The van der Waals surface area contributed by atoms with Crippen LogP contribution in [0, 0.1) is 20.8 Å². The summed E-state index contributed by atoms with van der Waals surface area (Å²) < 4.78 is 7.54. The van der Waals surface area contributed by atoms with Crippen molar-refractivity contribution in [1.29, 1.82) is 0 Å². The molecule has 0 spiro atoms. The molecule has 2 aromatic carbocycles. The van der Waals surface area contributed by atoms with Crippen LogP contribution in [0.25, 0.3) is 5.95 Å². The van der Waals surface area contributed by atoms with Gasteiger partial charge in [0.15, 0.2) is 0 Å². The van der Waals surface area contributed by atoms with Crippen LogP contribution in [0.4, 0.5) is 5.95 Å². The number of rotatable bonds is 8. The molecule has 162 valence electrons. The first-order valence-electron chi connectivity index (χ1n) is 10.4. The van der Waals surface area contributed by atoms with Gasteiger partial charge in [0, 0.05) is 18.8 Å². The van der Waals surface area contributed by atoms with Gasteiger partial charge in [-0.3, -0.25) is 4.57 Å². The number of hydrogen-bond acceptors (Lipinski definition) is 7. The van der Waals surface area contributed by atoms with E-state index < -0.39 is 0 Å². The quantitative estimate of drug-likeness (QED) is 0.337. The Kier molecular flexibility index (Phi) is 6.50. The number of anilines is 1. The highest BCUT2D eigenvalue weighted by Gasteiger charge is 2.09. The lowest BCUT2D eigenvalue weighted by Crippen LogP contribution is -2.10. The molecule has 0 aliphatic heterocycles. The van der Waals surface area contributed by atoms with E-state index in [0.717, 1.165) is 17.5 Å². The third kappa shape index (κ3) is 5.54. The van der Waals surface area contributed by atoms with E-state index in [1.54, 1.807) is 29.5 Å². The summed E-state index contributed by atoms with van der Waals surface area (Å²) >= 11 is 0. The number of imidazole rings is 1. The molecule has 0 atom stereocenters. The molecule has 4 rings (SSSR count). The van der Waals surface area contributed by atoms with Gasteiger partial charge in [-0.15, -0.1) is 0 Å². The maximum atomic E-state index is 5.85. The molecule has 0 radical (unpaired) electrons. The zero-order chi connectivity index (χ0) is 22.3. The van der Waals surface area contributed by atoms with Gasteiger partial charge in [0.25, 0.3) is 5.95 Å². The number of hydrazone groups is 1. The van der Waals surface area contributed by atoms with Crippen molar-refractivity contribution in [3.63, 3.8) is 0 Å². The Labute approximate surface area is 187 Å². The molecule has 8 nitrogen and oxygen atoms in total. The van der Waals surface area contributed by atoms with E-state index in [1.807, 2.05) is 31.2 Å². The number of nitrogens with one attached hydrogen (secondary N) is 1. The molecule has 0 bridgehead atoms. The topological polar surface area (TPSA) is 90.1 Å². The molecule has 0 saturated carbocycles. The van der Waals surface area contributed by atoms with Gasteiger partial charge in [-0.25, -0.2) is 10.4 Å². The minimum absolute atomic E-state index is 0.223. The molecule has 8 heteroatoms. The van der Waals surface area contributed by atoms with Gasteiger partial charge in [0.1, 0.15) is 6.33 Å². The van der Waals surface area contributed by atoms with Crippen molar-refractivity contribution in [2.24, 2.45) is 5.10 Å². The van der Waals surface area contributed by atoms with E-state index in [-0.39, 0.29) is 12.0 Å². The second-order valence-electron chi connectivity index (χ2n) is 7.51. The predicted octanol–water partition coefficient (Wildman–Crippen LogP) is 4.05. The summed E-state index contributed by atoms with van der Waals surface area (Å²) in [6, 6.07) is 14.7. The van der Waals surface area contributed by atoms with Gasteiger partial charge in [-0.05, 0) is 43.0 Å². The van der Waals surface area contributed by atoms with Crippen molar-refractivity contribution in [1.82, 2.24) is 24.5 Å². The van der Waals surface area contributed by atoms with Crippen LogP contribution in [0.5, 0.6) is 6.01 Å². The fraction of sp³-hybridized carbons (Fsp3) is 0.208. The molecule has 32 heavy (non-hydrogen) atoms. The van der Waals surface area contributed by atoms with E-state index in [2.05, 4.69) is 62.5 Å². The molecule has 0 fully saturated rings. The minimum atomic E-state index is 0.223. The number of aromatic nitrogens is 5. The third-order valence-electron chi connectivity index (χ3n) is 4.95. The Balaban J connectivity index is 1.48. The number of ether oxygens (including phenoxy) is 1. The summed E-state index contributed by atoms with van der Waals surface area (Å²) in [7, 11) is 0. The normalized spacial score (nSPS) is 11.1. The summed E-state index contributed by atoms with van der Waals surface area (Å²) in [5.41, 5.74) is 8.76. The molecule has 1 N–H and O–H groups in total. The van der Waals surface area contributed by atoms with Gasteiger partial charge in [0.2, 0.25) is 5.95 Å². The second-order valence-corrected chi connectivity index (χ2v) is 7.51. The highest BCUT2D eigenvalue weighted by molar-refractivity contribution is 5.80. The van der Waals surface area contributed by atoms with Crippen molar-refractivity contribution in [2.75, 3.05) is 12.0 Å². The zero-order valence-electron chi connectivity index (χ0n) is 18.4. The Morgan fingerprint density at radius 1 is 1.03 bits per heavy atom. The first kappa shape index (κ1) is 21.2. The maximum absolute atomic E-state index is 5.85. The molecule has 0 aliphatic carbocycles. The second kappa shape index (κ2) is 9.82. The van der Waals surface area contributed by atoms with Crippen molar-refractivity contribution in [2.45, 2.75) is 27.2 Å². The molecule has 4 aromatic rings. The van der Waals surface area contributed by atoms with Crippen LogP contribution >= 0.6 is 0 Å². The average Bonchev–Trinajstić information content (AvgIpc) is 3.31. The van der Waals surface area contributed by atoms with Crippen LogP contribution in [0.1, 0.15) is 27.8 Å². The molecule has 2 aromatic heterocycles. The van der Waals surface area contributed by atoms with E-state index >= 15 is 0 Å². The molecule has 0 aliphatic rings. The molecule has 2 heterocycles. The predicted molar refractivity (Wildman–Crippen MR) is 124 cm³/mol. The fourth-order valence-corrected chi connectivity index (χ4v) is 3.09. The standard InChI is InChI=1S/C24H25N7O/c1-17-5-4-6-21(13-17)15-26-30-22-27-23(31-11-10-25-16-31)29-24(28-22)32-12-9-20-8-7-18(2)19(3)14-20/h4-8,10-11,13-16H,9,12H2,1-3H3,(H,27,28,29,30)/b26-15-. The first-order chi connectivity index (χ1) is 15.6. The monoisotopic (exact) mass is 427 g/mol.